The van der Waals surface area contributed by atoms with Crippen molar-refractivity contribution in [3.63, 3.8) is 0 Å². The second kappa shape index (κ2) is 3.81. The van der Waals surface area contributed by atoms with Gasteiger partial charge in [0, 0.05) is 0 Å². The van der Waals surface area contributed by atoms with Gasteiger partial charge < -0.3 is 0 Å². The third-order valence-electron chi connectivity index (χ3n) is 3.48. The Labute approximate surface area is 77.7 Å². The SMILES string of the molecule is CCCC1CC(C)(C)CC1CC. The fourth-order valence-corrected chi connectivity index (χ4v) is 3.02. The van der Waals surface area contributed by atoms with Crippen LogP contribution in [-0.4, -0.2) is 0 Å². The normalized spacial score (nSPS) is 34.0. The number of rotatable bonds is 3. The Morgan fingerprint density at radius 2 is 1.67 bits per heavy atom. The van der Waals surface area contributed by atoms with Crippen molar-refractivity contribution in [2.75, 3.05) is 0 Å². The Bertz CT molecular complexity index is 135. The van der Waals surface area contributed by atoms with Gasteiger partial charge in [0.2, 0.25) is 0 Å². The molecule has 0 aromatic heterocycles. The van der Waals surface area contributed by atoms with Gasteiger partial charge in [0.25, 0.3) is 0 Å². The minimum atomic E-state index is 0.639. The van der Waals surface area contributed by atoms with Gasteiger partial charge in [-0.2, -0.15) is 0 Å². The molecule has 1 aliphatic rings. The first-order chi connectivity index (χ1) is 5.59. The highest BCUT2D eigenvalue weighted by Crippen LogP contribution is 2.47. The molecule has 12 heavy (non-hydrogen) atoms. The maximum absolute atomic E-state index is 2.44. The zero-order valence-electron chi connectivity index (χ0n) is 9.19. The van der Waals surface area contributed by atoms with E-state index in [0.29, 0.717) is 5.41 Å². The zero-order chi connectivity index (χ0) is 9.19. The van der Waals surface area contributed by atoms with Gasteiger partial charge in [-0.05, 0) is 30.1 Å². The molecule has 1 aliphatic carbocycles. The average molecular weight is 168 g/mol. The van der Waals surface area contributed by atoms with Crippen molar-refractivity contribution < 1.29 is 0 Å². The molecule has 1 fully saturated rings. The Hall–Kier alpha value is 0. The molecule has 0 heterocycles. The van der Waals surface area contributed by atoms with Crippen LogP contribution in [-0.2, 0) is 0 Å². The predicted octanol–water partition coefficient (Wildman–Crippen LogP) is 4.25. The molecule has 0 radical (unpaired) electrons. The fraction of sp³-hybridized carbons (Fsp3) is 1.00. The van der Waals surface area contributed by atoms with Crippen molar-refractivity contribution >= 4 is 0 Å². The van der Waals surface area contributed by atoms with Crippen molar-refractivity contribution in [1.29, 1.82) is 0 Å². The molecular weight excluding hydrogens is 144 g/mol. The first-order valence-electron chi connectivity index (χ1n) is 5.59. The van der Waals surface area contributed by atoms with Crippen molar-refractivity contribution in [3.05, 3.63) is 0 Å². The molecule has 1 saturated carbocycles. The minimum absolute atomic E-state index is 0.639. The summed E-state index contributed by atoms with van der Waals surface area (Å²) in [7, 11) is 0. The summed E-state index contributed by atoms with van der Waals surface area (Å²) >= 11 is 0. The van der Waals surface area contributed by atoms with Gasteiger partial charge in [-0.1, -0.05) is 47.0 Å². The third kappa shape index (κ3) is 2.24. The van der Waals surface area contributed by atoms with Crippen LogP contribution in [0.1, 0.15) is 59.8 Å². The highest BCUT2D eigenvalue weighted by molar-refractivity contribution is 4.87. The van der Waals surface area contributed by atoms with Crippen LogP contribution in [0.15, 0.2) is 0 Å². The van der Waals surface area contributed by atoms with E-state index in [1.165, 1.54) is 32.1 Å². The molecule has 0 saturated heterocycles. The maximum atomic E-state index is 2.44. The van der Waals surface area contributed by atoms with Gasteiger partial charge in [-0.15, -0.1) is 0 Å². The second-order valence-electron chi connectivity index (χ2n) is 5.29. The van der Waals surface area contributed by atoms with Crippen LogP contribution in [0.5, 0.6) is 0 Å². The molecule has 2 unspecified atom stereocenters. The number of hydrogen-bond donors (Lipinski definition) is 0. The van der Waals surface area contributed by atoms with Crippen LogP contribution in [0.2, 0.25) is 0 Å². The van der Waals surface area contributed by atoms with Gasteiger partial charge in [0.15, 0.2) is 0 Å². The third-order valence-corrected chi connectivity index (χ3v) is 3.48. The highest BCUT2D eigenvalue weighted by atomic mass is 14.4. The largest absolute Gasteiger partial charge is 0.0654 e. The molecule has 0 aromatic rings. The Balaban J connectivity index is 2.50. The van der Waals surface area contributed by atoms with E-state index in [1.54, 1.807) is 0 Å². The van der Waals surface area contributed by atoms with Crippen molar-refractivity contribution in [2.45, 2.75) is 59.8 Å². The van der Waals surface area contributed by atoms with E-state index in [1.807, 2.05) is 0 Å². The smallest absolute Gasteiger partial charge is 0.0349 e. The monoisotopic (exact) mass is 168 g/mol. The standard InChI is InChI=1S/C12H24/c1-5-7-11-9-12(3,4)8-10(11)6-2/h10-11H,5-9H2,1-4H3. The van der Waals surface area contributed by atoms with Crippen LogP contribution < -0.4 is 0 Å². The molecule has 0 nitrogen and oxygen atoms in total. The lowest BCUT2D eigenvalue weighted by atomic mass is 9.89. The van der Waals surface area contributed by atoms with Crippen molar-refractivity contribution in [3.8, 4) is 0 Å². The van der Waals surface area contributed by atoms with E-state index in [0.717, 1.165) is 11.8 Å². The minimum Gasteiger partial charge on any atom is -0.0654 e. The summed E-state index contributed by atoms with van der Waals surface area (Å²) in [5.74, 6) is 2.06. The van der Waals surface area contributed by atoms with Crippen molar-refractivity contribution in [2.24, 2.45) is 17.3 Å². The van der Waals surface area contributed by atoms with Crippen LogP contribution in [0.25, 0.3) is 0 Å². The topological polar surface area (TPSA) is 0 Å². The Kier molecular flexibility index (Phi) is 3.20. The van der Waals surface area contributed by atoms with Crippen LogP contribution in [0, 0.1) is 17.3 Å². The van der Waals surface area contributed by atoms with Crippen LogP contribution >= 0.6 is 0 Å². The summed E-state index contributed by atoms with van der Waals surface area (Å²) in [4.78, 5) is 0. The van der Waals surface area contributed by atoms with Gasteiger partial charge >= 0.3 is 0 Å². The molecule has 0 spiro atoms. The fourth-order valence-electron chi connectivity index (χ4n) is 3.02. The summed E-state index contributed by atoms with van der Waals surface area (Å²) in [5.41, 5.74) is 0.639. The molecule has 0 heteroatoms. The molecule has 0 aliphatic heterocycles. The molecule has 2 atom stereocenters. The summed E-state index contributed by atoms with van der Waals surface area (Å²) in [6.45, 7) is 9.55. The van der Waals surface area contributed by atoms with Gasteiger partial charge in [-0.3, -0.25) is 0 Å². The lowest BCUT2D eigenvalue weighted by molar-refractivity contribution is 0.350. The maximum Gasteiger partial charge on any atom is -0.0349 e. The lowest BCUT2D eigenvalue weighted by Crippen LogP contribution is -2.05. The summed E-state index contributed by atoms with van der Waals surface area (Å²) in [5, 5.41) is 0. The second-order valence-corrected chi connectivity index (χ2v) is 5.29. The molecule has 72 valence electrons. The van der Waals surface area contributed by atoms with Crippen LogP contribution in [0.4, 0.5) is 0 Å². The first-order valence-corrected chi connectivity index (χ1v) is 5.59. The quantitative estimate of drug-likeness (QED) is 0.591. The first kappa shape index (κ1) is 10.1. The highest BCUT2D eigenvalue weighted by Gasteiger charge is 2.37. The molecule has 0 aromatic carbocycles. The van der Waals surface area contributed by atoms with E-state index in [-0.39, 0.29) is 0 Å². The van der Waals surface area contributed by atoms with Crippen molar-refractivity contribution in [1.82, 2.24) is 0 Å². The Morgan fingerprint density at radius 1 is 1.08 bits per heavy atom. The van der Waals surface area contributed by atoms with Gasteiger partial charge in [0.05, 0.1) is 0 Å². The summed E-state index contributed by atoms with van der Waals surface area (Å²) in [6.07, 6.45) is 7.17. The van der Waals surface area contributed by atoms with E-state index < -0.39 is 0 Å². The Morgan fingerprint density at radius 3 is 2.17 bits per heavy atom. The molecule has 0 amide bonds. The average Bonchev–Trinajstić information content (AvgIpc) is 2.26. The zero-order valence-corrected chi connectivity index (χ0v) is 9.19. The predicted molar refractivity (Wildman–Crippen MR) is 55.2 cm³/mol. The van der Waals surface area contributed by atoms with Crippen LogP contribution in [0.3, 0.4) is 0 Å². The summed E-state index contributed by atoms with van der Waals surface area (Å²) < 4.78 is 0. The number of hydrogen-bond acceptors (Lipinski definition) is 0. The lowest BCUT2D eigenvalue weighted by Gasteiger charge is -2.16. The van der Waals surface area contributed by atoms with E-state index >= 15 is 0 Å². The molecule has 0 N–H and O–H groups in total. The molecular formula is C12H24. The van der Waals surface area contributed by atoms with E-state index in [2.05, 4.69) is 27.7 Å². The molecule has 0 bridgehead atoms. The summed E-state index contributed by atoms with van der Waals surface area (Å²) in [6, 6.07) is 0. The van der Waals surface area contributed by atoms with Gasteiger partial charge in [0.1, 0.15) is 0 Å². The molecule has 1 rings (SSSR count). The van der Waals surface area contributed by atoms with Gasteiger partial charge in [-0.25, -0.2) is 0 Å². The van der Waals surface area contributed by atoms with E-state index in [9.17, 15) is 0 Å². The van der Waals surface area contributed by atoms with E-state index in [4.69, 9.17) is 0 Å².